The first-order valence-electron chi connectivity index (χ1n) is 6.57. The summed E-state index contributed by atoms with van der Waals surface area (Å²) in [5, 5.41) is 7.52. The number of hydrogen-bond acceptors (Lipinski definition) is 3. The van der Waals surface area contributed by atoms with Crippen molar-refractivity contribution >= 4 is 28.6 Å². The molecule has 2 aromatic heterocycles. The monoisotopic (exact) mass is 370 g/mol. The average molecular weight is 371 g/mol. The summed E-state index contributed by atoms with van der Waals surface area (Å²) in [6, 6.07) is 2.35. The summed E-state index contributed by atoms with van der Waals surface area (Å²) in [7, 11) is 0. The van der Waals surface area contributed by atoms with Gasteiger partial charge < -0.3 is 10.1 Å². The van der Waals surface area contributed by atoms with Gasteiger partial charge in [0.1, 0.15) is 33.4 Å². The largest absolute Gasteiger partial charge is 0.477 e. The van der Waals surface area contributed by atoms with E-state index < -0.39 is 56.0 Å². The van der Waals surface area contributed by atoms with Crippen molar-refractivity contribution in [3.05, 3.63) is 73.0 Å². The first kappa shape index (κ1) is 16.8. The van der Waals surface area contributed by atoms with Crippen molar-refractivity contribution in [3.8, 4) is 5.69 Å². The third-order valence-corrected chi connectivity index (χ3v) is 3.71. The van der Waals surface area contributed by atoms with Crippen LogP contribution in [0.5, 0.6) is 0 Å². The molecule has 0 saturated carbocycles. The van der Waals surface area contributed by atoms with Crippen molar-refractivity contribution in [1.29, 1.82) is 0 Å². The standard InChI is InChI=1S/C15H6ClF3N2O4/c16-13-10(19)12(23)9-11(22)6(15(24)25)4-21(14(9)20-13)8-2-1-5(17)3-7(8)18/h1-4H,(H,20,23)(H,24,25). The van der Waals surface area contributed by atoms with Crippen LogP contribution in [0, 0.1) is 17.5 Å². The van der Waals surface area contributed by atoms with E-state index in [1.54, 1.807) is 0 Å². The number of benzene rings is 1. The number of carbonyl (C=O) groups is 1. The van der Waals surface area contributed by atoms with Crippen LogP contribution in [0.1, 0.15) is 10.4 Å². The lowest BCUT2D eigenvalue weighted by Gasteiger charge is -2.13. The van der Waals surface area contributed by atoms with Crippen LogP contribution in [0.25, 0.3) is 16.7 Å². The zero-order valence-corrected chi connectivity index (χ0v) is 12.7. The van der Waals surface area contributed by atoms with Gasteiger partial charge in [0.05, 0.1) is 5.69 Å². The van der Waals surface area contributed by atoms with E-state index in [-0.39, 0.29) is 5.69 Å². The molecular weight excluding hydrogens is 365 g/mol. The molecule has 10 heteroatoms. The Morgan fingerprint density at radius 1 is 1.16 bits per heavy atom. The summed E-state index contributed by atoms with van der Waals surface area (Å²) in [4.78, 5) is 37.7. The lowest BCUT2D eigenvalue weighted by molar-refractivity contribution is 0.0695. The molecule has 1 aromatic carbocycles. The number of carboxylic acids is 1. The van der Waals surface area contributed by atoms with Crippen molar-refractivity contribution < 1.29 is 23.1 Å². The molecule has 0 fully saturated rings. The van der Waals surface area contributed by atoms with Gasteiger partial charge >= 0.3 is 5.97 Å². The molecule has 128 valence electrons. The molecule has 6 nitrogen and oxygen atoms in total. The van der Waals surface area contributed by atoms with E-state index in [0.29, 0.717) is 6.07 Å². The number of halogens is 4. The number of nitrogens with zero attached hydrogens (tertiary/aromatic N) is 1. The molecule has 0 aliphatic rings. The molecule has 0 atom stereocenters. The lowest BCUT2D eigenvalue weighted by atomic mass is 10.1. The van der Waals surface area contributed by atoms with E-state index in [1.807, 2.05) is 0 Å². The van der Waals surface area contributed by atoms with Crippen molar-refractivity contribution in [3.63, 3.8) is 0 Å². The van der Waals surface area contributed by atoms with Gasteiger partial charge in [0.25, 0.3) is 0 Å². The molecule has 2 N–H and O–H groups in total. The van der Waals surface area contributed by atoms with Crippen LogP contribution in [-0.4, -0.2) is 20.6 Å². The van der Waals surface area contributed by atoms with Gasteiger partial charge in [-0.1, -0.05) is 11.6 Å². The third-order valence-electron chi connectivity index (χ3n) is 3.45. The fourth-order valence-corrected chi connectivity index (χ4v) is 2.51. The van der Waals surface area contributed by atoms with Crippen molar-refractivity contribution in [1.82, 2.24) is 9.55 Å². The van der Waals surface area contributed by atoms with Crippen molar-refractivity contribution in [2.24, 2.45) is 0 Å². The average Bonchev–Trinajstić information content (AvgIpc) is 2.53. The van der Waals surface area contributed by atoms with Crippen LogP contribution in [0.15, 0.2) is 34.0 Å². The lowest BCUT2D eigenvalue weighted by Crippen LogP contribution is -2.26. The van der Waals surface area contributed by atoms with Crippen LogP contribution in [0.2, 0.25) is 5.15 Å². The highest BCUT2D eigenvalue weighted by Crippen LogP contribution is 2.20. The van der Waals surface area contributed by atoms with Gasteiger partial charge in [-0.3, -0.25) is 14.2 Å². The molecule has 3 aromatic rings. The number of H-pyrrole nitrogens is 1. The zero-order valence-electron chi connectivity index (χ0n) is 11.9. The topological polar surface area (TPSA) is 92.2 Å². The first-order valence-corrected chi connectivity index (χ1v) is 6.95. The molecule has 3 rings (SSSR count). The maximum absolute atomic E-state index is 14.1. The summed E-state index contributed by atoms with van der Waals surface area (Å²) in [5.74, 6) is -5.21. The van der Waals surface area contributed by atoms with Gasteiger partial charge in [0.15, 0.2) is 0 Å². The Kier molecular flexibility index (Phi) is 3.88. The summed E-state index contributed by atoms with van der Waals surface area (Å²) in [6.45, 7) is 0. The summed E-state index contributed by atoms with van der Waals surface area (Å²) >= 11 is 5.56. The summed E-state index contributed by atoms with van der Waals surface area (Å²) < 4.78 is 41.7. The van der Waals surface area contributed by atoms with Crippen LogP contribution < -0.4 is 10.9 Å². The minimum absolute atomic E-state index is 0.382. The van der Waals surface area contributed by atoms with E-state index >= 15 is 0 Å². The molecule has 2 heterocycles. The Morgan fingerprint density at radius 3 is 2.44 bits per heavy atom. The van der Waals surface area contributed by atoms with E-state index in [9.17, 15) is 27.6 Å². The fraction of sp³-hybridized carbons (Fsp3) is 0. The Bertz CT molecular complexity index is 1170. The van der Waals surface area contributed by atoms with Gasteiger partial charge in [-0.2, -0.15) is 4.39 Å². The molecule has 0 bridgehead atoms. The first-order chi connectivity index (χ1) is 11.7. The summed E-state index contributed by atoms with van der Waals surface area (Å²) in [6.07, 6.45) is 0.730. The molecule has 0 spiro atoms. The zero-order chi connectivity index (χ0) is 18.5. The van der Waals surface area contributed by atoms with Gasteiger partial charge in [0, 0.05) is 12.3 Å². The van der Waals surface area contributed by atoms with Crippen LogP contribution in [0.3, 0.4) is 0 Å². The highest BCUT2D eigenvalue weighted by atomic mass is 35.5. The molecule has 0 amide bonds. The SMILES string of the molecule is O=C(O)c1cn(-c2ccc(F)cc2F)c2[nH]c(Cl)c(F)c(=O)c2c1=O. The van der Waals surface area contributed by atoms with Crippen LogP contribution >= 0.6 is 11.6 Å². The van der Waals surface area contributed by atoms with E-state index in [1.165, 1.54) is 0 Å². The van der Waals surface area contributed by atoms with Gasteiger partial charge in [0.2, 0.25) is 16.7 Å². The van der Waals surface area contributed by atoms with Crippen LogP contribution in [0.4, 0.5) is 13.2 Å². The number of aromatic carboxylic acids is 1. The Morgan fingerprint density at radius 2 is 1.84 bits per heavy atom. The fourth-order valence-electron chi connectivity index (χ4n) is 2.34. The smallest absolute Gasteiger partial charge is 0.341 e. The Labute approximate surface area is 140 Å². The minimum atomic E-state index is -1.71. The van der Waals surface area contributed by atoms with Gasteiger partial charge in [-0.25, -0.2) is 13.6 Å². The predicted molar refractivity (Wildman–Crippen MR) is 82.0 cm³/mol. The molecule has 25 heavy (non-hydrogen) atoms. The number of aromatic amines is 1. The minimum Gasteiger partial charge on any atom is -0.477 e. The normalized spacial score (nSPS) is 11.0. The number of fused-ring (bicyclic) bond motifs is 1. The number of pyridine rings is 2. The molecular formula is C15H6ClF3N2O4. The second kappa shape index (κ2) is 5.78. The van der Waals surface area contributed by atoms with Crippen LogP contribution in [-0.2, 0) is 0 Å². The van der Waals surface area contributed by atoms with Crippen molar-refractivity contribution in [2.75, 3.05) is 0 Å². The highest BCUT2D eigenvalue weighted by molar-refractivity contribution is 6.29. The van der Waals surface area contributed by atoms with Gasteiger partial charge in [-0.05, 0) is 12.1 Å². The molecule has 0 unspecified atom stereocenters. The number of aromatic nitrogens is 2. The Hall–Kier alpha value is -3.07. The third kappa shape index (κ3) is 2.58. The number of rotatable bonds is 2. The van der Waals surface area contributed by atoms with E-state index in [2.05, 4.69) is 4.98 Å². The second-order valence-corrected chi connectivity index (χ2v) is 5.33. The number of hydrogen-bond donors (Lipinski definition) is 2. The second-order valence-electron chi connectivity index (χ2n) is 4.95. The highest BCUT2D eigenvalue weighted by Gasteiger charge is 2.22. The summed E-state index contributed by atoms with van der Waals surface area (Å²) in [5.41, 5.74) is -4.42. The maximum Gasteiger partial charge on any atom is 0.341 e. The molecule has 0 aliphatic carbocycles. The van der Waals surface area contributed by atoms with Gasteiger partial charge in [-0.15, -0.1) is 0 Å². The predicted octanol–water partition coefficient (Wildman–Crippen LogP) is 2.45. The molecule has 0 saturated heterocycles. The number of carboxylic acid groups (broad SMARTS) is 1. The van der Waals surface area contributed by atoms with Crippen molar-refractivity contribution in [2.45, 2.75) is 0 Å². The Balaban J connectivity index is 2.59. The molecule has 0 radical (unpaired) electrons. The van der Waals surface area contributed by atoms with E-state index in [4.69, 9.17) is 16.7 Å². The number of nitrogens with one attached hydrogen (secondary N) is 1. The quantitative estimate of drug-likeness (QED) is 0.678. The van der Waals surface area contributed by atoms with E-state index in [0.717, 1.165) is 22.9 Å². The molecule has 0 aliphatic heterocycles. The maximum atomic E-state index is 14.1.